The molecule has 0 aliphatic rings. The lowest BCUT2D eigenvalue weighted by Gasteiger charge is -2.19. The lowest BCUT2D eigenvalue weighted by Crippen LogP contribution is -2.47. The molecule has 0 aliphatic carbocycles. The number of methoxy groups -OCH3 is 2. The van der Waals surface area contributed by atoms with E-state index < -0.39 is 11.9 Å². The number of ether oxygens (including phenoxy) is 3. The molecule has 0 unspecified atom stereocenters. The molecule has 1 atom stereocenters. The second-order valence-electron chi connectivity index (χ2n) is 7.65. The summed E-state index contributed by atoms with van der Waals surface area (Å²) < 4.78 is 16.1. The van der Waals surface area contributed by atoms with Gasteiger partial charge >= 0.3 is 0 Å². The van der Waals surface area contributed by atoms with Crippen molar-refractivity contribution in [1.29, 1.82) is 0 Å². The van der Waals surface area contributed by atoms with E-state index in [9.17, 15) is 9.59 Å². The largest absolute Gasteiger partial charge is 0.497 e. The second-order valence-corrected chi connectivity index (χ2v) is 7.65. The molecule has 0 saturated carbocycles. The predicted octanol–water partition coefficient (Wildman–Crippen LogP) is 3.07. The Balaban J connectivity index is 1.99. The summed E-state index contributed by atoms with van der Waals surface area (Å²) in [5.74, 6) is 1.24. The number of aryl methyl sites for hydroxylation is 1. The SMILES string of the molecule is COc1ccc(OC)c(/C=N\NC(=O)[C@H](CC(C)C)NC(=O)COc2ccccc2C)c1. The van der Waals surface area contributed by atoms with Crippen molar-refractivity contribution in [2.24, 2.45) is 11.0 Å². The molecule has 0 radical (unpaired) electrons. The van der Waals surface area contributed by atoms with Crippen molar-refractivity contribution in [1.82, 2.24) is 10.7 Å². The highest BCUT2D eigenvalue weighted by Gasteiger charge is 2.22. The molecule has 2 N–H and O–H groups in total. The Bertz CT molecular complexity index is 943. The Morgan fingerprint density at radius 3 is 2.47 bits per heavy atom. The molecule has 2 amide bonds. The van der Waals surface area contributed by atoms with Gasteiger partial charge in [-0.15, -0.1) is 0 Å². The average Bonchev–Trinajstić information content (AvgIpc) is 2.77. The molecule has 0 aliphatic heterocycles. The van der Waals surface area contributed by atoms with Gasteiger partial charge in [0.05, 0.1) is 20.4 Å². The van der Waals surface area contributed by atoms with Gasteiger partial charge in [0, 0.05) is 5.56 Å². The quantitative estimate of drug-likeness (QED) is 0.413. The maximum atomic E-state index is 12.7. The van der Waals surface area contributed by atoms with Crippen molar-refractivity contribution in [2.45, 2.75) is 33.2 Å². The summed E-state index contributed by atoms with van der Waals surface area (Å²) >= 11 is 0. The number of nitrogens with one attached hydrogen (secondary N) is 2. The van der Waals surface area contributed by atoms with Gasteiger partial charge in [-0.05, 0) is 49.1 Å². The molecule has 0 bridgehead atoms. The Morgan fingerprint density at radius 2 is 1.81 bits per heavy atom. The third-order valence-electron chi connectivity index (χ3n) is 4.63. The topological polar surface area (TPSA) is 98.3 Å². The molecule has 172 valence electrons. The molecule has 32 heavy (non-hydrogen) atoms. The van der Waals surface area contributed by atoms with E-state index in [1.807, 2.05) is 39.0 Å². The summed E-state index contributed by atoms with van der Waals surface area (Å²) in [4.78, 5) is 25.1. The van der Waals surface area contributed by atoms with Gasteiger partial charge < -0.3 is 19.5 Å². The molecule has 0 saturated heterocycles. The lowest BCUT2D eigenvalue weighted by molar-refractivity contribution is -0.130. The van der Waals surface area contributed by atoms with Gasteiger partial charge in [0.25, 0.3) is 11.8 Å². The van der Waals surface area contributed by atoms with Crippen LogP contribution in [0.2, 0.25) is 0 Å². The van der Waals surface area contributed by atoms with E-state index >= 15 is 0 Å². The summed E-state index contributed by atoms with van der Waals surface area (Å²) in [6.07, 6.45) is 1.93. The first kappa shape index (κ1) is 24.7. The molecule has 0 heterocycles. The van der Waals surface area contributed by atoms with Crippen LogP contribution in [0, 0.1) is 12.8 Å². The fourth-order valence-corrected chi connectivity index (χ4v) is 2.98. The van der Waals surface area contributed by atoms with E-state index in [4.69, 9.17) is 14.2 Å². The standard InChI is InChI=1S/C24H31N3O5/c1-16(2)12-20(26-23(28)15-32-21-9-7-6-8-17(21)3)24(29)27-25-14-18-13-19(30-4)10-11-22(18)31-5/h6-11,13-14,16,20H,12,15H2,1-5H3,(H,26,28)(H,27,29)/b25-14-/t20-/m0/s1. The van der Waals surface area contributed by atoms with Gasteiger partial charge in [-0.25, -0.2) is 5.43 Å². The van der Waals surface area contributed by atoms with Crippen LogP contribution in [0.4, 0.5) is 0 Å². The number of amides is 2. The first-order valence-electron chi connectivity index (χ1n) is 10.4. The summed E-state index contributed by atoms with van der Waals surface area (Å²) in [6, 6.07) is 11.9. The Morgan fingerprint density at radius 1 is 1.06 bits per heavy atom. The number of rotatable bonds is 11. The highest BCUT2D eigenvalue weighted by molar-refractivity contribution is 5.90. The second kappa shape index (κ2) is 12.3. The minimum atomic E-state index is -0.743. The molecule has 2 rings (SSSR count). The molecule has 0 spiro atoms. The molecule has 0 fully saturated rings. The van der Waals surface area contributed by atoms with Crippen molar-refractivity contribution < 1.29 is 23.8 Å². The number of carbonyl (C=O) groups excluding carboxylic acids is 2. The minimum absolute atomic E-state index is 0.184. The number of carbonyl (C=O) groups is 2. The molecular weight excluding hydrogens is 410 g/mol. The smallest absolute Gasteiger partial charge is 0.262 e. The lowest BCUT2D eigenvalue weighted by atomic mass is 10.0. The fraction of sp³-hybridized carbons (Fsp3) is 0.375. The molecule has 0 aromatic heterocycles. The van der Waals surface area contributed by atoms with Gasteiger partial charge in [0.2, 0.25) is 0 Å². The molecule has 8 heteroatoms. The summed E-state index contributed by atoms with van der Waals surface area (Å²) in [7, 11) is 3.11. The summed E-state index contributed by atoms with van der Waals surface area (Å²) in [5.41, 5.74) is 4.06. The third kappa shape index (κ3) is 7.61. The zero-order valence-electron chi connectivity index (χ0n) is 19.2. The van der Waals surface area contributed by atoms with E-state index in [1.165, 1.54) is 6.21 Å². The number of nitrogens with zero attached hydrogens (tertiary/aromatic N) is 1. The van der Waals surface area contributed by atoms with Crippen LogP contribution in [0.1, 0.15) is 31.4 Å². The van der Waals surface area contributed by atoms with Crippen LogP contribution < -0.4 is 25.0 Å². The van der Waals surface area contributed by atoms with Crippen LogP contribution >= 0.6 is 0 Å². The van der Waals surface area contributed by atoms with Crippen molar-refractivity contribution in [3.8, 4) is 17.2 Å². The Kier molecular flexibility index (Phi) is 9.53. The predicted molar refractivity (Wildman–Crippen MR) is 123 cm³/mol. The van der Waals surface area contributed by atoms with Gasteiger partial charge in [0.15, 0.2) is 6.61 Å². The maximum Gasteiger partial charge on any atom is 0.262 e. The molecular formula is C24H31N3O5. The van der Waals surface area contributed by atoms with Gasteiger partial charge in [-0.1, -0.05) is 32.0 Å². The number of hydrogen-bond donors (Lipinski definition) is 2. The average molecular weight is 442 g/mol. The highest BCUT2D eigenvalue weighted by atomic mass is 16.5. The number of hydrogen-bond acceptors (Lipinski definition) is 6. The van der Waals surface area contributed by atoms with Gasteiger partial charge in [-0.3, -0.25) is 9.59 Å². The van der Waals surface area contributed by atoms with Gasteiger partial charge in [-0.2, -0.15) is 5.10 Å². The minimum Gasteiger partial charge on any atom is -0.497 e. The van der Waals surface area contributed by atoms with Crippen molar-refractivity contribution in [2.75, 3.05) is 20.8 Å². The summed E-state index contributed by atoms with van der Waals surface area (Å²) in [6.45, 7) is 5.66. The van der Waals surface area contributed by atoms with E-state index in [0.717, 1.165) is 5.56 Å². The van der Waals surface area contributed by atoms with E-state index in [-0.39, 0.29) is 18.4 Å². The van der Waals surface area contributed by atoms with E-state index in [2.05, 4.69) is 15.8 Å². The van der Waals surface area contributed by atoms with Crippen molar-refractivity contribution >= 4 is 18.0 Å². The first-order valence-corrected chi connectivity index (χ1v) is 10.4. The summed E-state index contributed by atoms with van der Waals surface area (Å²) in [5, 5.41) is 6.76. The van der Waals surface area contributed by atoms with Crippen molar-refractivity contribution in [3.63, 3.8) is 0 Å². The van der Waals surface area contributed by atoms with Gasteiger partial charge in [0.1, 0.15) is 23.3 Å². The maximum absolute atomic E-state index is 12.7. The van der Waals surface area contributed by atoms with Crippen LogP contribution in [-0.4, -0.2) is 44.9 Å². The van der Waals surface area contributed by atoms with Crippen molar-refractivity contribution in [3.05, 3.63) is 53.6 Å². The number of para-hydroxylation sites is 1. The zero-order chi connectivity index (χ0) is 23.5. The Hall–Kier alpha value is -3.55. The van der Waals surface area contributed by atoms with Crippen LogP contribution in [0.15, 0.2) is 47.6 Å². The molecule has 8 nitrogen and oxygen atoms in total. The molecule has 2 aromatic rings. The number of benzene rings is 2. The zero-order valence-corrected chi connectivity index (χ0v) is 19.2. The van der Waals surface area contributed by atoms with Crippen LogP contribution in [0.25, 0.3) is 0 Å². The Labute approximate surface area is 188 Å². The fourth-order valence-electron chi connectivity index (χ4n) is 2.98. The first-order chi connectivity index (χ1) is 15.3. The van der Waals surface area contributed by atoms with Crippen LogP contribution in [-0.2, 0) is 9.59 Å². The third-order valence-corrected chi connectivity index (χ3v) is 4.63. The normalized spacial score (nSPS) is 11.8. The number of hydrazone groups is 1. The van der Waals surface area contributed by atoms with E-state index in [1.54, 1.807) is 38.5 Å². The molecule has 2 aromatic carbocycles. The monoisotopic (exact) mass is 441 g/mol. The van der Waals surface area contributed by atoms with Crippen LogP contribution in [0.5, 0.6) is 17.2 Å². The van der Waals surface area contributed by atoms with Crippen LogP contribution in [0.3, 0.4) is 0 Å². The highest BCUT2D eigenvalue weighted by Crippen LogP contribution is 2.22. The van der Waals surface area contributed by atoms with E-state index in [0.29, 0.717) is 29.2 Å².